The SMILES string of the molecule is C[C@H]1CC/C=C\[C@@H]2C[C@@]2(C(=O)NS(=O)(=O)C2(C)CC2)NC(=O)[C@@H]2C[C@@H](Oc3nccc4c5c(ccc34)N(C)CCO5)CN2C(=O)[C@@H](N(C(=O)O)C(C)(C)C(F)(F)F)[C@H](C)C1. The number of alkyl halides is 3. The van der Waals surface area contributed by atoms with Gasteiger partial charge < -0.3 is 29.7 Å². The van der Waals surface area contributed by atoms with E-state index in [-0.39, 0.29) is 42.5 Å². The third kappa shape index (κ3) is 7.70. The number of ether oxygens (including phenoxy) is 2. The number of rotatable bonds is 7. The van der Waals surface area contributed by atoms with Gasteiger partial charge in [0.2, 0.25) is 27.7 Å². The first-order valence-corrected chi connectivity index (χ1v) is 21.9. The third-order valence-electron chi connectivity index (χ3n) is 13.2. The second-order valence-corrected chi connectivity index (χ2v) is 20.2. The molecule has 2 saturated carbocycles. The van der Waals surface area contributed by atoms with Gasteiger partial charge in [-0.2, -0.15) is 13.2 Å². The van der Waals surface area contributed by atoms with E-state index < -0.39 is 85.9 Å². The molecular formula is C41H53F3N6O9S. The van der Waals surface area contributed by atoms with E-state index in [1.165, 1.54) is 20.0 Å². The third-order valence-corrected chi connectivity index (χ3v) is 15.3. The first-order valence-electron chi connectivity index (χ1n) is 20.4. The zero-order valence-corrected chi connectivity index (χ0v) is 35.4. The molecule has 0 bridgehead atoms. The number of nitrogens with zero attached hydrogens (tertiary/aromatic N) is 4. The number of amides is 4. The van der Waals surface area contributed by atoms with E-state index in [1.54, 1.807) is 18.2 Å². The largest absolute Gasteiger partial charge is 0.489 e. The molecule has 19 heteroatoms. The van der Waals surface area contributed by atoms with Crippen LogP contribution in [0, 0.1) is 17.8 Å². The summed E-state index contributed by atoms with van der Waals surface area (Å²) in [5, 5.41) is 14.5. The Morgan fingerprint density at radius 2 is 1.83 bits per heavy atom. The number of fused-ring (bicyclic) bond motifs is 5. The Balaban J connectivity index is 1.29. The topological polar surface area (TPSA) is 188 Å². The molecule has 2 aliphatic carbocycles. The van der Waals surface area contributed by atoms with Crippen LogP contribution >= 0.6 is 0 Å². The number of likely N-dealkylation sites (N-methyl/N-ethyl adjacent to an activating group) is 1. The molecule has 1 saturated heterocycles. The number of anilines is 1. The first-order chi connectivity index (χ1) is 28.0. The molecule has 0 spiro atoms. The van der Waals surface area contributed by atoms with Crippen molar-refractivity contribution < 1.29 is 55.3 Å². The van der Waals surface area contributed by atoms with E-state index in [2.05, 4.69) is 15.0 Å². The summed E-state index contributed by atoms with van der Waals surface area (Å²) in [6.07, 6.45) is -1.30. The molecule has 328 valence electrons. The van der Waals surface area contributed by atoms with Gasteiger partial charge in [-0.25, -0.2) is 18.2 Å². The molecule has 0 radical (unpaired) electrons. The number of carbonyl (C=O) groups is 4. The summed E-state index contributed by atoms with van der Waals surface area (Å²) < 4.78 is 84.2. The number of sulfonamides is 1. The van der Waals surface area contributed by atoms with Gasteiger partial charge in [-0.3, -0.25) is 24.0 Å². The first kappa shape index (κ1) is 43.3. The van der Waals surface area contributed by atoms with Crippen LogP contribution in [0.2, 0.25) is 0 Å². The molecule has 7 atom stereocenters. The molecule has 15 nitrogen and oxygen atoms in total. The highest BCUT2D eigenvalue weighted by Gasteiger charge is 2.64. The van der Waals surface area contributed by atoms with Crippen molar-refractivity contribution >= 4 is 50.3 Å². The average molecular weight is 863 g/mol. The molecule has 4 amide bonds. The van der Waals surface area contributed by atoms with Crippen LogP contribution in [0.25, 0.3) is 10.8 Å². The minimum Gasteiger partial charge on any atom is -0.489 e. The lowest BCUT2D eigenvalue weighted by molar-refractivity contribution is -0.222. The smallest absolute Gasteiger partial charge is 0.411 e. The number of nitrogens with one attached hydrogen (secondary N) is 2. The fourth-order valence-electron chi connectivity index (χ4n) is 8.88. The maximum atomic E-state index is 15.1. The van der Waals surface area contributed by atoms with Crippen LogP contribution in [0.15, 0.2) is 36.5 Å². The lowest BCUT2D eigenvalue weighted by Gasteiger charge is -2.45. The Bertz CT molecular complexity index is 2220. The molecule has 2 aromatic rings. The van der Waals surface area contributed by atoms with Gasteiger partial charge >= 0.3 is 12.3 Å². The monoisotopic (exact) mass is 862 g/mol. The predicted molar refractivity (Wildman–Crippen MR) is 214 cm³/mol. The van der Waals surface area contributed by atoms with Gasteiger partial charge in [0.15, 0.2) is 5.75 Å². The molecule has 4 heterocycles. The van der Waals surface area contributed by atoms with Crippen molar-refractivity contribution in [2.75, 3.05) is 31.6 Å². The number of halogens is 3. The van der Waals surface area contributed by atoms with Crippen LogP contribution in [-0.2, 0) is 24.4 Å². The molecule has 3 N–H and O–H groups in total. The van der Waals surface area contributed by atoms with Gasteiger partial charge in [0.25, 0.3) is 5.91 Å². The average Bonchev–Trinajstić information content (AvgIpc) is 4.04. The predicted octanol–water partition coefficient (Wildman–Crippen LogP) is 4.99. The Morgan fingerprint density at radius 3 is 2.50 bits per heavy atom. The quantitative estimate of drug-likeness (QED) is 0.319. The van der Waals surface area contributed by atoms with Gasteiger partial charge in [0.1, 0.15) is 35.9 Å². The minimum absolute atomic E-state index is 0.0528. The number of benzene rings is 1. The number of hydrogen-bond acceptors (Lipinski definition) is 10. The number of aromatic nitrogens is 1. The Kier molecular flexibility index (Phi) is 11.0. The summed E-state index contributed by atoms with van der Waals surface area (Å²) in [6.45, 7) is 7.06. The Morgan fingerprint density at radius 1 is 1.12 bits per heavy atom. The van der Waals surface area contributed by atoms with Crippen molar-refractivity contribution in [3.05, 3.63) is 36.5 Å². The highest BCUT2D eigenvalue weighted by Crippen LogP contribution is 2.48. The Hall–Kier alpha value is -4.81. The highest BCUT2D eigenvalue weighted by atomic mass is 32.2. The second-order valence-electron chi connectivity index (χ2n) is 18.0. The number of carbonyl (C=O) groups excluding carboxylic acids is 3. The van der Waals surface area contributed by atoms with Crippen molar-refractivity contribution in [2.24, 2.45) is 17.8 Å². The number of allylic oxidation sites excluding steroid dienone is 1. The second kappa shape index (κ2) is 15.3. The molecule has 3 aliphatic heterocycles. The number of carboxylic acid groups (broad SMARTS) is 1. The van der Waals surface area contributed by atoms with Crippen LogP contribution in [0.5, 0.6) is 11.6 Å². The lowest BCUT2D eigenvalue weighted by Crippen LogP contribution is -2.66. The van der Waals surface area contributed by atoms with Gasteiger partial charge in [0, 0.05) is 36.4 Å². The molecule has 60 heavy (non-hydrogen) atoms. The number of pyridine rings is 1. The molecular weight excluding hydrogens is 810 g/mol. The molecule has 1 aromatic heterocycles. The fourth-order valence-corrected chi connectivity index (χ4v) is 10.2. The summed E-state index contributed by atoms with van der Waals surface area (Å²) in [7, 11) is -2.19. The van der Waals surface area contributed by atoms with Crippen molar-refractivity contribution in [3.8, 4) is 11.6 Å². The van der Waals surface area contributed by atoms with E-state index in [1.807, 2.05) is 31.0 Å². The van der Waals surface area contributed by atoms with Crippen molar-refractivity contribution in [2.45, 2.75) is 120 Å². The highest BCUT2D eigenvalue weighted by molar-refractivity contribution is 7.91. The number of hydrogen-bond donors (Lipinski definition) is 3. The zero-order valence-electron chi connectivity index (χ0n) is 34.5. The fraction of sp³-hybridized carbons (Fsp3) is 0.634. The van der Waals surface area contributed by atoms with Gasteiger partial charge in [0.05, 0.1) is 23.5 Å². The zero-order chi connectivity index (χ0) is 43.7. The van der Waals surface area contributed by atoms with E-state index in [9.17, 15) is 41.1 Å². The van der Waals surface area contributed by atoms with Gasteiger partial charge in [-0.05, 0) is 89.3 Å². The summed E-state index contributed by atoms with van der Waals surface area (Å²) in [6, 6.07) is 2.04. The van der Waals surface area contributed by atoms with Crippen LogP contribution < -0.4 is 24.4 Å². The molecule has 3 fully saturated rings. The Labute approximate surface area is 347 Å². The van der Waals surface area contributed by atoms with E-state index in [0.717, 1.165) is 10.6 Å². The summed E-state index contributed by atoms with van der Waals surface area (Å²) in [4.78, 5) is 64.3. The van der Waals surface area contributed by atoms with Crippen LogP contribution in [0.1, 0.15) is 79.6 Å². The van der Waals surface area contributed by atoms with Crippen LogP contribution in [-0.4, -0.2) is 119 Å². The summed E-state index contributed by atoms with van der Waals surface area (Å²) in [5.41, 5.74) is -3.90. The normalized spacial score (nSPS) is 30.0. The minimum atomic E-state index is -5.09. The molecule has 1 aromatic carbocycles. The van der Waals surface area contributed by atoms with Crippen molar-refractivity contribution in [1.82, 2.24) is 24.8 Å². The van der Waals surface area contributed by atoms with Gasteiger partial charge in [-0.1, -0.05) is 26.0 Å². The molecule has 5 aliphatic rings. The van der Waals surface area contributed by atoms with E-state index >= 15 is 4.79 Å². The van der Waals surface area contributed by atoms with E-state index in [4.69, 9.17) is 9.47 Å². The summed E-state index contributed by atoms with van der Waals surface area (Å²) in [5.74, 6) is -3.85. The van der Waals surface area contributed by atoms with Crippen molar-refractivity contribution in [3.63, 3.8) is 0 Å². The standard InChI is InChI=1S/C41H53F3N6O9S/c1-23-9-7-8-10-25-21-40(25,36(53)47-60(56,57)39(5)14-15-39)46-33(51)30-20-26(59-34-28-11-12-29-32(27(28)13-16-45-34)58-18-17-48(29)6)22-49(30)35(52)31(24(2)19-23)50(37(54)55)38(3,4)41(42,43)44/h8,10-13,16,23-26,30-31H,7,9,14-15,17-22H2,1-6H3,(H,46,51)(H,47,53)(H,54,55)/b10-8-/t23-,24+,25+,26+,30-,31-,40+/m0/s1. The van der Waals surface area contributed by atoms with Crippen LogP contribution in [0.3, 0.4) is 0 Å². The summed E-state index contributed by atoms with van der Waals surface area (Å²) >= 11 is 0. The molecule has 0 unspecified atom stereocenters. The van der Waals surface area contributed by atoms with Crippen molar-refractivity contribution in [1.29, 1.82) is 0 Å². The maximum absolute atomic E-state index is 15.1. The van der Waals surface area contributed by atoms with Crippen LogP contribution in [0.4, 0.5) is 23.7 Å². The maximum Gasteiger partial charge on any atom is 0.411 e. The van der Waals surface area contributed by atoms with Gasteiger partial charge in [-0.15, -0.1) is 0 Å². The van der Waals surface area contributed by atoms with E-state index in [0.29, 0.717) is 69.2 Å². The molecule has 7 rings (SSSR count). The lowest BCUT2D eigenvalue weighted by atomic mass is 9.85.